The van der Waals surface area contributed by atoms with Crippen LogP contribution in [0.3, 0.4) is 0 Å². The molecule has 150 valence electrons. The normalized spacial score (nSPS) is 12.6. The summed E-state index contributed by atoms with van der Waals surface area (Å²) < 4.78 is 26.9. The summed E-state index contributed by atoms with van der Waals surface area (Å²) in [5.74, 6) is -2.18. The molecule has 1 atom stereocenters. The molecule has 0 aliphatic heterocycles. The van der Waals surface area contributed by atoms with Crippen LogP contribution in [0.1, 0.15) is 24.2 Å². The van der Waals surface area contributed by atoms with Crippen molar-refractivity contribution in [3.63, 3.8) is 0 Å². The zero-order valence-electron chi connectivity index (χ0n) is 14.9. The minimum absolute atomic E-state index is 0.123. The van der Waals surface area contributed by atoms with Crippen LogP contribution in [0.2, 0.25) is 10.0 Å². The van der Waals surface area contributed by atoms with Gasteiger partial charge in [0, 0.05) is 10.7 Å². The standard InChI is InChI=1S/C18H18Cl2N2O5S/c1-10(2)16(18(24)25)22-28(26,27)13-6-4-12(5-7-13)21-17(23)14-8-3-11(19)9-15(14)20/h3-10,16,22H,1-2H3,(H,21,23)(H,24,25). The summed E-state index contributed by atoms with van der Waals surface area (Å²) >= 11 is 11.8. The molecule has 7 nitrogen and oxygen atoms in total. The maximum absolute atomic E-state index is 12.4. The van der Waals surface area contributed by atoms with E-state index in [4.69, 9.17) is 28.3 Å². The van der Waals surface area contributed by atoms with Gasteiger partial charge in [-0.15, -0.1) is 0 Å². The van der Waals surface area contributed by atoms with Crippen LogP contribution in [0.4, 0.5) is 5.69 Å². The topological polar surface area (TPSA) is 113 Å². The molecule has 0 fully saturated rings. The molecule has 2 aromatic carbocycles. The monoisotopic (exact) mass is 444 g/mol. The molecule has 0 aliphatic rings. The van der Waals surface area contributed by atoms with Gasteiger partial charge in [0.1, 0.15) is 6.04 Å². The maximum atomic E-state index is 12.4. The van der Waals surface area contributed by atoms with Crippen LogP contribution in [0.25, 0.3) is 0 Å². The number of carboxylic acid groups (broad SMARTS) is 1. The number of amides is 1. The Morgan fingerprint density at radius 1 is 1.04 bits per heavy atom. The Morgan fingerprint density at radius 3 is 2.14 bits per heavy atom. The van der Waals surface area contributed by atoms with E-state index in [0.29, 0.717) is 10.7 Å². The molecule has 10 heteroatoms. The number of hydrogen-bond acceptors (Lipinski definition) is 4. The number of carboxylic acids is 1. The molecule has 0 spiro atoms. The van der Waals surface area contributed by atoms with Crippen molar-refractivity contribution in [3.8, 4) is 0 Å². The first kappa shape index (κ1) is 22.2. The minimum atomic E-state index is -4.04. The number of anilines is 1. The van der Waals surface area contributed by atoms with E-state index in [1.54, 1.807) is 13.8 Å². The van der Waals surface area contributed by atoms with Gasteiger partial charge in [-0.3, -0.25) is 9.59 Å². The van der Waals surface area contributed by atoms with Crippen LogP contribution >= 0.6 is 23.2 Å². The highest BCUT2D eigenvalue weighted by atomic mass is 35.5. The molecular formula is C18H18Cl2N2O5S. The first-order chi connectivity index (χ1) is 13.0. The van der Waals surface area contributed by atoms with E-state index in [1.165, 1.54) is 42.5 Å². The number of aliphatic carboxylic acids is 1. The second kappa shape index (κ2) is 8.91. The maximum Gasteiger partial charge on any atom is 0.322 e. The second-order valence-corrected chi connectivity index (χ2v) is 8.84. The summed E-state index contributed by atoms with van der Waals surface area (Å²) in [6, 6.07) is 8.49. The average Bonchev–Trinajstić information content (AvgIpc) is 2.59. The lowest BCUT2D eigenvalue weighted by Crippen LogP contribution is -2.44. The van der Waals surface area contributed by atoms with E-state index < -0.39 is 33.9 Å². The van der Waals surface area contributed by atoms with Crippen LogP contribution in [0.15, 0.2) is 47.4 Å². The highest BCUT2D eigenvalue weighted by molar-refractivity contribution is 7.89. The number of carbonyl (C=O) groups is 2. The number of carbonyl (C=O) groups excluding carboxylic acids is 1. The zero-order chi connectivity index (χ0) is 21.1. The van der Waals surface area contributed by atoms with Crippen molar-refractivity contribution in [3.05, 3.63) is 58.1 Å². The minimum Gasteiger partial charge on any atom is -0.480 e. The molecule has 0 bridgehead atoms. The molecule has 28 heavy (non-hydrogen) atoms. The zero-order valence-corrected chi connectivity index (χ0v) is 17.3. The number of halogens is 2. The number of benzene rings is 2. The van der Waals surface area contributed by atoms with Gasteiger partial charge in [0.25, 0.3) is 5.91 Å². The van der Waals surface area contributed by atoms with Crippen molar-refractivity contribution < 1.29 is 23.1 Å². The lowest BCUT2D eigenvalue weighted by Gasteiger charge is -2.18. The molecule has 2 aromatic rings. The second-order valence-electron chi connectivity index (χ2n) is 6.28. The van der Waals surface area contributed by atoms with Crippen LogP contribution in [0, 0.1) is 5.92 Å². The van der Waals surface area contributed by atoms with E-state index >= 15 is 0 Å². The van der Waals surface area contributed by atoms with Crippen molar-refractivity contribution in [2.24, 2.45) is 5.92 Å². The highest BCUT2D eigenvalue weighted by Crippen LogP contribution is 2.22. The van der Waals surface area contributed by atoms with Crippen molar-refractivity contribution in [1.29, 1.82) is 0 Å². The average molecular weight is 445 g/mol. The Hall–Kier alpha value is -2.13. The predicted octanol–water partition coefficient (Wildman–Crippen LogP) is 3.63. The molecule has 2 rings (SSSR count). The molecular weight excluding hydrogens is 427 g/mol. The predicted molar refractivity (Wildman–Crippen MR) is 107 cm³/mol. The lowest BCUT2D eigenvalue weighted by atomic mass is 10.1. The molecule has 3 N–H and O–H groups in total. The lowest BCUT2D eigenvalue weighted by molar-refractivity contribution is -0.140. The van der Waals surface area contributed by atoms with Crippen LogP contribution in [0.5, 0.6) is 0 Å². The summed E-state index contributed by atoms with van der Waals surface area (Å²) in [6.07, 6.45) is 0. The van der Waals surface area contributed by atoms with Gasteiger partial charge in [0.15, 0.2) is 0 Å². The van der Waals surface area contributed by atoms with E-state index in [9.17, 15) is 18.0 Å². The number of rotatable bonds is 7. The summed E-state index contributed by atoms with van der Waals surface area (Å²) in [4.78, 5) is 23.4. The molecule has 1 unspecified atom stereocenters. The Kier molecular flexibility index (Phi) is 7.06. The third kappa shape index (κ3) is 5.45. The van der Waals surface area contributed by atoms with Gasteiger partial charge in [-0.25, -0.2) is 8.42 Å². The van der Waals surface area contributed by atoms with Gasteiger partial charge in [-0.2, -0.15) is 4.72 Å². The SMILES string of the molecule is CC(C)C(NS(=O)(=O)c1ccc(NC(=O)c2ccc(Cl)cc2Cl)cc1)C(=O)O. The van der Waals surface area contributed by atoms with Crippen molar-refractivity contribution in [1.82, 2.24) is 4.72 Å². The van der Waals surface area contributed by atoms with Crippen LogP contribution in [-0.4, -0.2) is 31.4 Å². The van der Waals surface area contributed by atoms with E-state index in [2.05, 4.69) is 10.0 Å². The van der Waals surface area contributed by atoms with Crippen LogP contribution in [-0.2, 0) is 14.8 Å². The van der Waals surface area contributed by atoms with Gasteiger partial charge in [-0.1, -0.05) is 37.0 Å². The first-order valence-electron chi connectivity index (χ1n) is 8.13. The van der Waals surface area contributed by atoms with Gasteiger partial charge in [0.05, 0.1) is 15.5 Å². The van der Waals surface area contributed by atoms with Gasteiger partial charge in [0.2, 0.25) is 10.0 Å². The molecule has 0 aliphatic carbocycles. The number of sulfonamides is 1. The Bertz CT molecular complexity index is 992. The Labute approximate surface area is 172 Å². The Balaban J connectivity index is 2.16. The molecule has 0 saturated heterocycles. The first-order valence-corrected chi connectivity index (χ1v) is 10.4. The van der Waals surface area contributed by atoms with Crippen molar-refractivity contribution in [2.75, 3.05) is 5.32 Å². The van der Waals surface area contributed by atoms with E-state index in [-0.39, 0.29) is 15.5 Å². The summed E-state index contributed by atoms with van der Waals surface area (Å²) in [6.45, 7) is 3.20. The third-order valence-corrected chi connectivity index (χ3v) is 5.82. The molecule has 0 radical (unpaired) electrons. The number of hydrogen-bond donors (Lipinski definition) is 3. The molecule has 0 saturated carbocycles. The molecule has 0 aromatic heterocycles. The smallest absolute Gasteiger partial charge is 0.322 e. The number of nitrogens with one attached hydrogen (secondary N) is 2. The van der Waals surface area contributed by atoms with E-state index in [0.717, 1.165) is 0 Å². The van der Waals surface area contributed by atoms with Crippen molar-refractivity contribution in [2.45, 2.75) is 24.8 Å². The van der Waals surface area contributed by atoms with Crippen LogP contribution < -0.4 is 10.0 Å². The summed E-state index contributed by atoms with van der Waals surface area (Å²) in [5.41, 5.74) is 0.555. The molecule has 0 heterocycles. The third-order valence-electron chi connectivity index (χ3n) is 3.81. The van der Waals surface area contributed by atoms with Gasteiger partial charge in [-0.05, 0) is 48.4 Å². The van der Waals surface area contributed by atoms with Gasteiger partial charge >= 0.3 is 5.97 Å². The molecule has 1 amide bonds. The fourth-order valence-corrected chi connectivity index (χ4v) is 4.13. The van der Waals surface area contributed by atoms with Crippen molar-refractivity contribution >= 4 is 50.8 Å². The summed E-state index contributed by atoms with van der Waals surface area (Å²) in [5, 5.41) is 12.3. The van der Waals surface area contributed by atoms with Gasteiger partial charge < -0.3 is 10.4 Å². The largest absolute Gasteiger partial charge is 0.480 e. The Morgan fingerprint density at radius 2 is 1.64 bits per heavy atom. The highest BCUT2D eigenvalue weighted by Gasteiger charge is 2.28. The summed E-state index contributed by atoms with van der Waals surface area (Å²) in [7, 11) is -4.04. The fraction of sp³-hybridized carbons (Fsp3) is 0.222. The van der Waals surface area contributed by atoms with E-state index in [1.807, 2.05) is 0 Å². The fourth-order valence-electron chi connectivity index (χ4n) is 2.30. The quantitative estimate of drug-likeness (QED) is 0.603.